The van der Waals surface area contributed by atoms with Crippen molar-refractivity contribution >= 4 is 35.0 Å². The molecule has 36 heavy (non-hydrogen) atoms. The number of fused-ring (bicyclic) bond motifs is 3. The summed E-state index contributed by atoms with van der Waals surface area (Å²) >= 11 is 6.59. The van der Waals surface area contributed by atoms with Gasteiger partial charge in [-0.1, -0.05) is 18.2 Å². The van der Waals surface area contributed by atoms with Crippen molar-refractivity contribution < 1.29 is 14.3 Å². The number of carbonyl (C=O) groups excluding carboxylic acids is 1. The number of amides is 1. The van der Waals surface area contributed by atoms with Crippen LogP contribution in [0.2, 0.25) is 5.02 Å². The molecule has 5 rings (SSSR count). The van der Waals surface area contributed by atoms with Gasteiger partial charge in [0.05, 0.1) is 48.7 Å². The van der Waals surface area contributed by atoms with Gasteiger partial charge in [-0.2, -0.15) is 0 Å². The van der Waals surface area contributed by atoms with Crippen LogP contribution in [0, 0.1) is 6.92 Å². The zero-order valence-corrected chi connectivity index (χ0v) is 20.9. The van der Waals surface area contributed by atoms with E-state index < -0.39 is 0 Å². The molecule has 0 aliphatic carbocycles. The Balaban J connectivity index is 1.49. The molecule has 2 aromatic heterocycles. The fourth-order valence-corrected chi connectivity index (χ4v) is 4.73. The van der Waals surface area contributed by atoms with Crippen LogP contribution >= 0.6 is 11.6 Å². The number of pyridine rings is 1. The lowest BCUT2D eigenvalue weighted by atomic mass is 10.0. The number of carbonyl (C=O) groups is 1. The van der Waals surface area contributed by atoms with Crippen LogP contribution in [-0.2, 0) is 16.1 Å². The Kier molecular flexibility index (Phi) is 6.75. The van der Waals surface area contributed by atoms with Crippen LogP contribution in [0.4, 0.5) is 17.5 Å². The number of benzene rings is 1. The molecule has 2 aliphatic rings. The van der Waals surface area contributed by atoms with E-state index in [9.17, 15) is 4.79 Å². The van der Waals surface area contributed by atoms with Gasteiger partial charge in [-0.15, -0.1) is 0 Å². The number of halogens is 1. The lowest BCUT2D eigenvalue weighted by Crippen LogP contribution is -2.52. The number of ether oxygens (including phenoxy) is 2. The lowest BCUT2D eigenvalue weighted by Gasteiger charge is -2.34. The van der Waals surface area contributed by atoms with Gasteiger partial charge in [0, 0.05) is 36.2 Å². The molecule has 1 aromatic carbocycles. The average molecular weight is 507 g/mol. The van der Waals surface area contributed by atoms with Crippen molar-refractivity contribution in [2.75, 3.05) is 30.5 Å². The second kappa shape index (κ2) is 10.1. The molecule has 2 aliphatic heterocycles. The van der Waals surface area contributed by atoms with Crippen LogP contribution in [0.3, 0.4) is 0 Å². The number of anilines is 3. The molecule has 0 spiro atoms. The smallest absolute Gasteiger partial charge is 0.243 e. The van der Waals surface area contributed by atoms with E-state index in [1.807, 2.05) is 42.4 Å². The third-order valence-corrected chi connectivity index (χ3v) is 6.65. The van der Waals surface area contributed by atoms with E-state index in [4.69, 9.17) is 31.0 Å². The molecule has 186 valence electrons. The first-order chi connectivity index (χ1) is 17.5. The summed E-state index contributed by atoms with van der Waals surface area (Å²) in [5.41, 5.74) is 4.44. The normalized spacial score (nSPS) is 18.6. The maximum absolute atomic E-state index is 11.9. The Morgan fingerprint density at radius 1 is 1.28 bits per heavy atom. The molecule has 0 bridgehead atoms. The molecule has 1 fully saturated rings. The quantitative estimate of drug-likeness (QED) is 0.483. The zero-order chi connectivity index (χ0) is 25.2. The highest BCUT2D eigenvalue weighted by molar-refractivity contribution is 6.33. The van der Waals surface area contributed by atoms with Crippen molar-refractivity contribution in [3.05, 3.63) is 65.5 Å². The first kappa shape index (κ1) is 24.0. The van der Waals surface area contributed by atoms with Gasteiger partial charge in [-0.25, -0.2) is 15.0 Å². The molecule has 0 radical (unpaired) electrons. The maximum atomic E-state index is 11.9. The molecule has 2 N–H and O–H groups in total. The first-order valence-corrected chi connectivity index (χ1v) is 12.1. The molecule has 10 heteroatoms. The minimum atomic E-state index is -0.216. The van der Waals surface area contributed by atoms with Crippen LogP contribution in [0.25, 0.3) is 11.3 Å². The van der Waals surface area contributed by atoms with E-state index in [1.54, 1.807) is 7.11 Å². The lowest BCUT2D eigenvalue weighted by molar-refractivity contribution is -0.117. The molecule has 4 heterocycles. The summed E-state index contributed by atoms with van der Waals surface area (Å²) in [4.78, 5) is 28.1. The van der Waals surface area contributed by atoms with Gasteiger partial charge >= 0.3 is 0 Å². The molecular formula is C26H27ClN6O3. The molecule has 3 aromatic rings. The Morgan fingerprint density at radius 3 is 2.94 bits per heavy atom. The van der Waals surface area contributed by atoms with E-state index in [0.717, 1.165) is 33.9 Å². The zero-order valence-electron chi connectivity index (χ0n) is 20.1. The molecule has 1 saturated heterocycles. The van der Waals surface area contributed by atoms with Gasteiger partial charge in [0.2, 0.25) is 11.9 Å². The summed E-state index contributed by atoms with van der Waals surface area (Å²) in [6.45, 7) is 7.04. The van der Waals surface area contributed by atoms with Crippen LogP contribution < -0.4 is 20.3 Å². The third-order valence-electron chi connectivity index (χ3n) is 6.34. The molecule has 9 nitrogen and oxygen atoms in total. The van der Waals surface area contributed by atoms with Gasteiger partial charge < -0.3 is 25.0 Å². The van der Waals surface area contributed by atoms with E-state index in [-0.39, 0.29) is 18.0 Å². The van der Waals surface area contributed by atoms with Crippen molar-refractivity contribution in [3.8, 4) is 17.0 Å². The summed E-state index contributed by atoms with van der Waals surface area (Å²) in [7, 11) is 1.63. The fraction of sp³-hybridized carbons (Fsp3) is 0.308. The van der Waals surface area contributed by atoms with E-state index in [0.29, 0.717) is 42.9 Å². The summed E-state index contributed by atoms with van der Waals surface area (Å²) in [6.07, 6.45) is 5.61. The number of nitrogens with one attached hydrogen (secondary N) is 2. The van der Waals surface area contributed by atoms with Crippen LogP contribution in [0.1, 0.15) is 17.5 Å². The van der Waals surface area contributed by atoms with Crippen molar-refractivity contribution in [1.29, 1.82) is 0 Å². The summed E-state index contributed by atoms with van der Waals surface area (Å²) < 4.78 is 11.1. The topological polar surface area (TPSA) is 102 Å². The van der Waals surface area contributed by atoms with Gasteiger partial charge in [0.1, 0.15) is 11.6 Å². The van der Waals surface area contributed by atoms with Crippen LogP contribution in [0.15, 0.2) is 49.3 Å². The molecule has 2 atom stereocenters. The standard InChI is InChI=1S/C26H27ClN6O3/c1-4-23(34)30-20-7-8-36-14-21(20)31-26-29-12-16-13-33(22-10-17(35-3)5-6-19(22)27)25-18(24(16)32-26)9-15(2)11-28-25/h4-6,9-12,20-21H,1,7-8,13-14H2,2-3H3,(H,30,34)(H,29,31,32)/t20-,21+/m0/s1. The summed E-state index contributed by atoms with van der Waals surface area (Å²) in [5.74, 6) is 1.71. The first-order valence-electron chi connectivity index (χ1n) is 11.7. The highest BCUT2D eigenvalue weighted by Crippen LogP contribution is 2.44. The molecule has 0 unspecified atom stereocenters. The Labute approximate surface area is 214 Å². The largest absolute Gasteiger partial charge is 0.497 e. The predicted molar refractivity (Wildman–Crippen MR) is 139 cm³/mol. The SMILES string of the molecule is C=CC(=O)N[C@H]1CCOC[C@H]1Nc1ncc2c(n1)-c1cc(C)cnc1N(c1cc(OC)ccc1Cl)C2. The minimum absolute atomic E-state index is 0.120. The monoisotopic (exact) mass is 506 g/mol. The third kappa shape index (κ3) is 4.72. The Bertz CT molecular complexity index is 1320. The average Bonchev–Trinajstić information content (AvgIpc) is 2.89. The number of hydrogen-bond donors (Lipinski definition) is 2. The number of hydrogen-bond acceptors (Lipinski definition) is 8. The van der Waals surface area contributed by atoms with Gasteiger partial charge in [-0.05, 0) is 43.2 Å². The molecule has 1 amide bonds. The second-order valence-electron chi connectivity index (χ2n) is 8.79. The number of aromatic nitrogens is 3. The van der Waals surface area contributed by atoms with Crippen molar-refractivity contribution in [2.45, 2.75) is 32.0 Å². The molecular weight excluding hydrogens is 480 g/mol. The van der Waals surface area contributed by atoms with Crippen LogP contribution in [0.5, 0.6) is 5.75 Å². The second-order valence-corrected chi connectivity index (χ2v) is 9.20. The number of nitrogens with zero attached hydrogens (tertiary/aromatic N) is 4. The van der Waals surface area contributed by atoms with E-state index in [1.165, 1.54) is 6.08 Å². The van der Waals surface area contributed by atoms with Gasteiger partial charge in [0.15, 0.2) is 0 Å². The number of methoxy groups -OCH3 is 1. The highest BCUT2D eigenvalue weighted by atomic mass is 35.5. The number of aryl methyl sites for hydroxylation is 1. The minimum Gasteiger partial charge on any atom is -0.497 e. The number of rotatable bonds is 6. The highest BCUT2D eigenvalue weighted by Gasteiger charge is 2.30. The van der Waals surface area contributed by atoms with Crippen molar-refractivity contribution in [3.63, 3.8) is 0 Å². The summed E-state index contributed by atoms with van der Waals surface area (Å²) in [6, 6.07) is 7.31. The van der Waals surface area contributed by atoms with E-state index >= 15 is 0 Å². The Hall–Kier alpha value is -3.69. The fourth-order valence-electron chi connectivity index (χ4n) is 4.51. The predicted octanol–water partition coefficient (Wildman–Crippen LogP) is 4.03. The van der Waals surface area contributed by atoms with Crippen LogP contribution in [-0.4, -0.2) is 53.3 Å². The van der Waals surface area contributed by atoms with Gasteiger partial charge in [0.25, 0.3) is 0 Å². The maximum Gasteiger partial charge on any atom is 0.243 e. The molecule has 0 saturated carbocycles. The van der Waals surface area contributed by atoms with Crippen molar-refractivity contribution in [1.82, 2.24) is 20.3 Å². The Morgan fingerprint density at radius 2 is 2.14 bits per heavy atom. The van der Waals surface area contributed by atoms with Gasteiger partial charge in [-0.3, -0.25) is 4.79 Å². The van der Waals surface area contributed by atoms with Crippen molar-refractivity contribution in [2.24, 2.45) is 0 Å². The van der Waals surface area contributed by atoms with E-state index in [2.05, 4.69) is 28.3 Å². The summed E-state index contributed by atoms with van der Waals surface area (Å²) in [5, 5.41) is 6.92.